The number of fused-ring (bicyclic) bond motifs is 1. The maximum atomic E-state index is 13.6. The minimum atomic E-state index is -1.52. The van der Waals surface area contributed by atoms with E-state index in [-0.39, 0.29) is 47.8 Å². The monoisotopic (exact) mass is 772 g/mol. The lowest BCUT2D eigenvalue weighted by Gasteiger charge is -2.30. The molecule has 0 spiro atoms. The van der Waals surface area contributed by atoms with Gasteiger partial charge in [-0.25, -0.2) is 19.7 Å². The molecule has 0 unspecified atom stereocenters. The second-order valence-electron chi connectivity index (χ2n) is 14.7. The number of nitrogens with zero attached hydrogens (tertiary/aromatic N) is 5. The minimum absolute atomic E-state index is 0.0907. The van der Waals surface area contributed by atoms with E-state index in [1.165, 1.54) is 10.9 Å². The van der Waals surface area contributed by atoms with Gasteiger partial charge in [0.15, 0.2) is 29.3 Å². The molecule has 302 valence electrons. The standard InChI is InChI=1S/C40H56N10O6/c1-8-41-37(53)33-31(51)32(52)39(56-33)50-22-46-30-34(45-21-29(27-13-9-11-25(6)19-27)28-14-10-12-26(7)20-28)47-35(48-36(30)50)38(54)42-15-16-43-40(55)44-17-18-49(23(2)3)24(4)5/h9-14,19-20,22-24,29,31-33,39,51-52H,8,15-18,21H2,1-7H3,(H,41,53)(H,42,54)(H2,43,44,55)(H,45,47,48)/t31-,32-,33-,39+/m0/s1. The van der Waals surface area contributed by atoms with E-state index in [9.17, 15) is 24.6 Å². The van der Waals surface area contributed by atoms with Gasteiger partial charge in [-0.05, 0) is 59.6 Å². The Balaban J connectivity index is 1.38. The number of nitrogens with one attached hydrogen (secondary N) is 5. The zero-order chi connectivity index (χ0) is 40.5. The Kier molecular flexibility index (Phi) is 14.3. The van der Waals surface area contributed by atoms with Gasteiger partial charge in [-0.1, -0.05) is 59.7 Å². The van der Waals surface area contributed by atoms with E-state index in [4.69, 9.17) is 4.74 Å². The van der Waals surface area contributed by atoms with E-state index < -0.39 is 36.4 Å². The van der Waals surface area contributed by atoms with E-state index in [1.807, 2.05) is 38.1 Å². The maximum absolute atomic E-state index is 13.6. The predicted molar refractivity (Wildman–Crippen MR) is 213 cm³/mol. The molecule has 1 saturated heterocycles. The van der Waals surface area contributed by atoms with Crippen molar-refractivity contribution < 1.29 is 29.3 Å². The molecule has 5 rings (SSSR count). The van der Waals surface area contributed by atoms with Crippen LogP contribution in [0.15, 0.2) is 54.9 Å². The molecule has 3 heterocycles. The molecule has 0 radical (unpaired) electrons. The van der Waals surface area contributed by atoms with Crippen molar-refractivity contribution in [3.8, 4) is 0 Å². The second-order valence-corrected chi connectivity index (χ2v) is 14.7. The van der Waals surface area contributed by atoms with Crippen molar-refractivity contribution in [1.82, 2.24) is 45.7 Å². The lowest BCUT2D eigenvalue weighted by Crippen LogP contribution is -2.45. The molecule has 4 aromatic rings. The Morgan fingerprint density at radius 1 is 0.857 bits per heavy atom. The van der Waals surface area contributed by atoms with Gasteiger partial charge in [0.2, 0.25) is 5.82 Å². The number of carbonyl (C=O) groups excluding carboxylic acids is 3. The van der Waals surface area contributed by atoms with Gasteiger partial charge in [0, 0.05) is 57.3 Å². The third kappa shape index (κ3) is 10.2. The number of rotatable bonds is 17. The van der Waals surface area contributed by atoms with E-state index in [0.29, 0.717) is 38.3 Å². The molecule has 56 heavy (non-hydrogen) atoms. The van der Waals surface area contributed by atoms with Crippen molar-refractivity contribution >= 4 is 34.8 Å². The number of hydrogen-bond donors (Lipinski definition) is 7. The molecular weight excluding hydrogens is 717 g/mol. The average molecular weight is 773 g/mol. The summed E-state index contributed by atoms with van der Waals surface area (Å²) in [7, 11) is 0. The summed E-state index contributed by atoms with van der Waals surface area (Å²) in [5.41, 5.74) is 4.81. The summed E-state index contributed by atoms with van der Waals surface area (Å²) < 4.78 is 7.26. The van der Waals surface area contributed by atoms with Gasteiger partial charge in [-0.15, -0.1) is 0 Å². The largest absolute Gasteiger partial charge is 0.387 e. The number of benzene rings is 2. The Morgan fingerprint density at radius 2 is 1.48 bits per heavy atom. The van der Waals surface area contributed by atoms with Gasteiger partial charge in [-0.2, -0.15) is 0 Å². The number of imidazole rings is 1. The number of urea groups is 1. The van der Waals surface area contributed by atoms with Crippen LogP contribution in [0.1, 0.15) is 79.6 Å². The first kappa shape index (κ1) is 42.0. The van der Waals surface area contributed by atoms with Gasteiger partial charge < -0.3 is 41.5 Å². The van der Waals surface area contributed by atoms with E-state index in [2.05, 4.69) is 98.4 Å². The molecule has 1 fully saturated rings. The lowest BCUT2D eigenvalue weighted by atomic mass is 9.89. The number of aromatic nitrogens is 4. The topological polar surface area (TPSA) is 208 Å². The molecule has 0 aliphatic carbocycles. The molecule has 0 bridgehead atoms. The molecule has 0 saturated carbocycles. The first-order valence-electron chi connectivity index (χ1n) is 19.3. The Labute approximate surface area is 327 Å². The quantitative estimate of drug-likeness (QED) is 0.0777. The van der Waals surface area contributed by atoms with Gasteiger partial charge >= 0.3 is 6.03 Å². The zero-order valence-corrected chi connectivity index (χ0v) is 33.2. The van der Waals surface area contributed by atoms with Crippen molar-refractivity contribution in [2.45, 2.75) is 91.0 Å². The van der Waals surface area contributed by atoms with E-state index in [0.717, 1.165) is 22.3 Å². The van der Waals surface area contributed by atoms with Crippen LogP contribution in [0.4, 0.5) is 10.6 Å². The van der Waals surface area contributed by atoms with Gasteiger partial charge in [0.25, 0.3) is 11.8 Å². The van der Waals surface area contributed by atoms with Crippen LogP contribution in [-0.4, -0.2) is 122 Å². The number of hydrogen-bond acceptors (Lipinski definition) is 11. The van der Waals surface area contributed by atoms with Crippen LogP contribution < -0.4 is 26.6 Å². The Hall–Kier alpha value is -5.16. The van der Waals surface area contributed by atoms with Crippen molar-refractivity contribution in [2.75, 3.05) is 44.6 Å². The second kappa shape index (κ2) is 19.1. The maximum Gasteiger partial charge on any atom is 0.314 e. The number of ether oxygens (including phenoxy) is 1. The Morgan fingerprint density at radius 3 is 2.09 bits per heavy atom. The molecule has 4 amide bonds. The van der Waals surface area contributed by atoms with E-state index in [1.54, 1.807) is 6.92 Å². The fraction of sp³-hybridized carbons (Fsp3) is 0.500. The summed E-state index contributed by atoms with van der Waals surface area (Å²) in [5, 5.41) is 36.2. The molecule has 16 nitrogen and oxygen atoms in total. The summed E-state index contributed by atoms with van der Waals surface area (Å²) >= 11 is 0. The number of aryl methyl sites for hydroxylation is 2. The Bertz CT molecular complexity index is 1920. The number of likely N-dealkylation sites (N-methyl/N-ethyl adjacent to an activating group) is 1. The van der Waals surface area contributed by atoms with Crippen molar-refractivity contribution in [2.24, 2.45) is 0 Å². The van der Waals surface area contributed by atoms with Gasteiger partial charge in [0.05, 0.1) is 6.33 Å². The van der Waals surface area contributed by atoms with Gasteiger partial charge in [-0.3, -0.25) is 19.1 Å². The molecule has 2 aromatic heterocycles. The summed E-state index contributed by atoms with van der Waals surface area (Å²) in [4.78, 5) is 54.7. The molecule has 1 aliphatic rings. The highest BCUT2D eigenvalue weighted by Gasteiger charge is 2.47. The van der Waals surface area contributed by atoms with Crippen molar-refractivity contribution in [3.63, 3.8) is 0 Å². The first-order chi connectivity index (χ1) is 26.8. The van der Waals surface area contributed by atoms with Crippen LogP contribution in [0.3, 0.4) is 0 Å². The third-order valence-electron chi connectivity index (χ3n) is 9.79. The fourth-order valence-corrected chi connectivity index (χ4v) is 7.01. The SMILES string of the molecule is CCNC(=O)[C@H]1O[C@@H](n2cnc3c(NCC(c4cccc(C)c4)c4cccc(C)c4)nc(C(=O)NCCNC(=O)NCCN(C(C)C)C(C)C)nc32)[C@@H](O)[C@@H]1O. The molecule has 7 N–H and O–H groups in total. The number of carbonyl (C=O) groups is 3. The smallest absolute Gasteiger partial charge is 0.314 e. The fourth-order valence-electron chi connectivity index (χ4n) is 7.01. The molecule has 4 atom stereocenters. The van der Waals surface area contributed by atoms with Crippen LogP contribution in [0.2, 0.25) is 0 Å². The van der Waals surface area contributed by atoms with Crippen LogP contribution in [0.5, 0.6) is 0 Å². The van der Waals surface area contributed by atoms with Crippen LogP contribution in [0.25, 0.3) is 11.2 Å². The highest BCUT2D eigenvalue weighted by molar-refractivity contribution is 5.94. The molecular formula is C40H56N10O6. The lowest BCUT2D eigenvalue weighted by molar-refractivity contribution is -0.137. The average Bonchev–Trinajstić information content (AvgIpc) is 3.71. The minimum Gasteiger partial charge on any atom is -0.387 e. The van der Waals surface area contributed by atoms with Crippen molar-refractivity contribution in [3.05, 3.63) is 82.9 Å². The summed E-state index contributed by atoms with van der Waals surface area (Å²) in [6, 6.07) is 16.9. The number of anilines is 1. The van der Waals surface area contributed by atoms with Crippen LogP contribution in [0, 0.1) is 13.8 Å². The van der Waals surface area contributed by atoms with E-state index >= 15 is 0 Å². The first-order valence-corrected chi connectivity index (χ1v) is 19.3. The summed E-state index contributed by atoms with van der Waals surface area (Å²) in [6.07, 6.45) is -4.25. The number of aliphatic hydroxyl groups is 2. The van der Waals surface area contributed by atoms with Crippen molar-refractivity contribution in [1.29, 1.82) is 0 Å². The molecule has 2 aromatic carbocycles. The van der Waals surface area contributed by atoms with Crippen LogP contribution >= 0.6 is 0 Å². The normalized spacial score (nSPS) is 18.2. The number of aliphatic hydroxyl groups excluding tert-OH is 2. The molecule has 16 heteroatoms. The highest BCUT2D eigenvalue weighted by atomic mass is 16.6. The predicted octanol–water partition coefficient (Wildman–Crippen LogP) is 2.59. The highest BCUT2D eigenvalue weighted by Crippen LogP contribution is 2.33. The number of amides is 4. The summed E-state index contributed by atoms with van der Waals surface area (Å²) in [5.74, 6) is -1.24. The molecule has 1 aliphatic heterocycles. The van der Waals surface area contributed by atoms with Crippen LogP contribution in [-0.2, 0) is 9.53 Å². The summed E-state index contributed by atoms with van der Waals surface area (Å²) in [6.45, 7) is 16.4. The third-order valence-corrected chi connectivity index (χ3v) is 9.79. The van der Waals surface area contributed by atoms with Gasteiger partial charge in [0.1, 0.15) is 12.2 Å². The zero-order valence-electron chi connectivity index (χ0n) is 33.2.